The Morgan fingerprint density at radius 1 is 1.00 bits per heavy atom. The summed E-state index contributed by atoms with van der Waals surface area (Å²) >= 11 is 0. The average Bonchev–Trinajstić information content (AvgIpc) is 3.12. The van der Waals surface area contributed by atoms with Crippen molar-refractivity contribution in [2.45, 2.75) is 120 Å². The summed E-state index contributed by atoms with van der Waals surface area (Å²) in [6, 6.07) is 0. The van der Waals surface area contributed by atoms with E-state index in [9.17, 15) is 9.59 Å². The van der Waals surface area contributed by atoms with Crippen LogP contribution < -0.4 is 0 Å². The molecule has 0 amide bonds. The quantitative estimate of drug-likeness (QED) is 0.248. The van der Waals surface area contributed by atoms with E-state index < -0.39 is 0 Å². The van der Waals surface area contributed by atoms with Crippen molar-refractivity contribution in [3.05, 3.63) is 34.9 Å². The van der Waals surface area contributed by atoms with Crippen molar-refractivity contribution in [2.75, 3.05) is 6.61 Å². The fraction of sp³-hybridized carbons (Fsp3) is 0.765. The largest absolute Gasteiger partial charge is 0.465 e. The van der Waals surface area contributed by atoms with Gasteiger partial charge in [-0.2, -0.15) is 0 Å². The Bertz CT molecular complexity index is 1040. The Labute approximate surface area is 231 Å². The second-order valence-corrected chi connectivity index (χ2v) is 14.4. The van der Waals surface area contributed by atoms with Gasteiger partial charge in [-0.3, -0.25) is 9.59 Å². The maximum atomic E-state index is 12.1. The molecule has 6 atom stereocenters. The third-order valence-corrected chi connectivity index (χ3v) is 11.5. The Morgan fingerprint density at radius 2 is 1.71 bits per heavy atom. The van der Waals surface area contributed by atoms with E-state index in [-0.39, 0.29) is 39.7 Å². The molecule has 0 spiro atoms. The lowest BCUT2D eigenvalue weighted by atomic mass is 9.44. The van der Waals surface area contributed by atoms with Crippen LogP contribution in [-0.2, 0) is 19.1 Å². The molecular formula is C34H52O4. The summed E-state index contributed by atoms with van der Waals surface area (Å²) in [7, 11) is 0. The molecule has 4 aliphatic carbocycles. The third kappa shape index (κ3) is 4.62. The average molecular weight is 525 g/mol. The number of esters is 2. The zero-order chi connectivity index (χ0) is 28.1. The Balaban J connectivity index is 1.74. The second kappa shape index (κ2) is 10.3. The van der Waals surface area contributed by atoms with Gasteiger partial charge >= 0.3 is 11.9 Å². The molecule has 0 aliphatic heterocycles. The van der Waals surface area contributed by atoms with Gasteiger partial charge in [0.25, 0.3) is 0 Å². The van der Waals surface area contributed by atoms with Crippen LogP contribution in [0.15, 0.2) is 34.9 Å². The fourth-order valence-electron chi connectivity index (χ4n) is 9.24. The summed E-state index contributed by atoms with van der Waals surface area (Å²) in [6.45, 7) is 20.0. The van der Waals surface area contributed by atoms with Gasteiger partial charge in [-0.15, -0.1) is 0 Å². The number of fused-ring (bicyclic) bond motifs is 5. The number of carbonyl (C=O) groups excluding carboxylic acids is 2. The van der Waals surface area contributed by atoms with Crippen LogP contribution in [0.5, 0.6) is 0 Å². The molecule has 0 N–H and O–H groups in total. The van der Waals surface area contributed by atoms with Crippen LogP contribution in [0.3, 0.4) is 0 Å². The number of rotatable bonds is 7. The lowest BCUT2D eigenvalue weighted by molar-refractivity contribution is -0.165. The smallest absolute Gasteiger partial charge is 0.302 e. The highest BCUT2D eigenvalue weighted by Crippen LogP contribution is 2.72. The van der Waals surface area contributed by atoms with Crippen molar-refractivity contribution < 1.29 is 19.1 Å². The zero-order valence-corrected chi connectivity index (χ0v) is 25.5. The summed E-state index contributed by atoms with van der Waals surface area (Å²) in [5.41, 5.74) is 4.32. The topological polar surface area (TPSA) is 52.6 Å². The molecular weight excluding hydrogens is 472 g/mol. The molecule has 4 heteroatoms. The highest BCUT2D eigenvalue weighted by molar-refractivity contribution is 5.66. The van der Waals surface area contributed by atoms with Crippen LogP contribution >= 0.6 is 0 Å². The first-order valence-electron chi connectivity index (χ1n) is 15.1. The van der Waals surface area contributed by atoms with E-state index in [4.69, 9.17) is 9.47 Å². The lowest BCUT2D eigenvalue weighted by Crippen LogP contribution is -2.56. The Morgan fingerprint density at radius 3 is 2.34 bits per heavy atom. The third-order valence-electron chi connectivity index (χ3n) is 11.5. The highest BCUT2D eigenvalue weighted by Gasteiger charge is 2.65. The number of hydrogen-bond acceptors (Lipinski definition) is 4. The monoisotopic (exact) mass is 524 g/mol. The van der Waals surface area contributed by atoms with Gasteiger partial charge in [0.05, 0.1) is 6.61 Å². The van der Waals surface area contributed by atoms with Gasteiger partial charge in [0.15, 0.2) is 0 Å². The van der Waals surface area contributed by atoms with E-state index >= 15 is 0 Å². The zero-order valence-electron chi connectivity index (χ0n) is 25.5. The molecule has 4 nitrogen and oxygen atoms in total. The van der Waals surface area contributed by atoms with E-state index in [1.165, 1.54) is 30.1 Å². The summed E-state index contributed by atoms with van der Waals surface area (Å²) in [6.07, 6.45) is 16.0. The molecule has 4 rings (SSSR count). The summed E-state index contributed by atoms with van der Waals surface area (Å²) in [5, 5.41) is 0. The van der Waals surface area contributed by atoms with Crippen LogP contribution in [0.25, 0.3) is 0 Å². The van der Waals surface area contributed by atoms with Crippen LogP contribution in [0.2, 0.25) is 0 Å². The SMILES string of the molecule is CC(=O)OC[C@]12CC=C3C(=CC[C@H]4C(C)(C)[C@@H](OC(C)=O)CC[C@]34C)[C@]1(C)CC[C@@H]2/C(C)=C/CCC(C)C. The van der Waals surface area contributed by atoms with Crippen LogP contribution in [-0.4, -0.2) is 24.6 Å². The summed E-state index contributed by atoms with van der Waals surface area (Å²) < 4.78 is 11.7. The molecule has 4 aliphatic rings. The normalized spacial score (nSPS) is 37.9. The van der Waals surface area contributed by atoms with E-state index in [0.29, 0.717) is 24.4 Å². The summed E-state index contributed by atoms with van der Waals surface area (Å²) in [5.74, 6) is 1.18. The van der Waals surface area contributed by atoms with Gasteiger partial charge in [-0.1, -0.05) is 65.3 Å². The number of ether oxygens (including phenoxy) is 2. The van der Waals surface area contributed by atoms with Crippen molar-refractivity contribution in [3.8, 4) is 0 Å². The predicted molar refractivity (Wildman–Crippen MR) is 153 cm³/mol. The van der Waals surface area contributed by atoms with E-state index in [1.54, 1.807) is 6.92 Å². The molecule has 0 heterocycles. The van der Waals surface area contributed by atoms with Gasteiger partial charge < -0.3 is 9.47 Å². The van der Waals surface area contributed by atoms with Gasteiger partial charge in [-0.05, 0) is 92.6 Å². The van der Waals surface area contributed by atoms with Crippen LogP contribution in [0, 0.1) is 39.4 Å². The second-order valence-electron chi connectivity index (χ2n) is 14.4. The molecule has 38 heavy (non-hydrogen) atoms. The minimum atomic E-state index is -0.182. The molecule has 0 radical (unpaired) electrons. The van der Waals surface area contributed by atoms with Crippen LogP contribution in [0.4, 0.5) is 0 Å². The maximum absolute atomic E-state index is 12.1. The first kappa shape index (κ1) is 29.2. The first-order chi connectivity index (χ1) is 17.7. The molecule has 2 fully saturated rings. The van der Waals surface area contributed by atoms with Gasteiger partial charge in [0.1, 0.15) is 6.10 Å². The van der Waals surface area contributed by atoms with Crippen molar-refractivity contribution in [1.82, 2.24) is 0 Å². The molecule has 2 saturated carbocycles. The standard InChI is InChI=1S/C34H52O4/c1-22(2)11-10-12-23(3)26-15-19-33(9)28-13-14-29-31(6,7)30(38-25(5)36)17-18-32(29,8)27(28)16-20-34(26,33)21-37-24(4)35/h12-13,16,22,26,29-30H,10-11,14-15,17-21H2,1-9H3/b23-12+/t26-,29+,30+,32-,33+,34+/m1/s1. The number of carbonyl (C=O) groups is 2. The van der Waals surface area contributed by atoms with Crippen molar-refractivity contribution >= 4 is 11.9 Å². The molecule has 212 valence electrons. The minimum Gasteiger partial charge on any atom is -0.465 e. The van der Waals surface area contributed by atoms with Gasteiger partial charge in [0.2, 0.25) is 0 Å². The van der Waals surface area contributed by atoms with E-state index in [2.05, 4.69) is 66.7 Å². The predicted octanol–water partition coefficient (Wildman–Crippen LogP) is 8.37. The Kier molecular flexibility index (Phi) is 7.89. The van der Waals surface area contributed by atoms with Crippen molar-refractivity contribution in [2.24, 2.45) is 39.4 Å². The summed E-state index contributed by atoms with van der Waals surface area (Å²) in [4.78, 5) is 24.0. The van der Waals surface area contributed by atoms with Crippen molar-refractivity contribution in [3.63, 3.8) is 0 Å². The number of hydrogen-bond donors (Lipinski definition) is 0. The van der Waals surface area contributed by atoms with Crippen molar-refractivity contribution in [1.29, 1.82) is 0 Å². The lowest BCUT2D eigenvalue weighted by Gasteiger charge is -2.61. The van der Waals surface area contributed by atoms with Crippen LogP contribution in [0.1, 0.15) is 114 Å². The first-order valence-corrected chi connectivity index (χ1v) is 15.1. The molecule has 0 aromatic carbocycles. The number of allylic oxidation sites excluding steroid dienone is 6. The molecule has 0 aromatic heterocycles. The fourth-order valence-corrected chi connectivity index (χ4v) is 9.24. The van der Waals surface area contributed by atoms with E-state index in [0.717, 1.165) is 44.9 Å². The molecule has 0 unspecified atom stereocenters. The Hall–Kier alpha value is -1.84. The molecule has 0 bridgehead atoms. The van der Waals surface area contributed by atoms with Gasteiger partial charge in [-0.25, -0.2) is 0 Å². The minimum absolute atomic E-state index is 0.0325. The molecule has 0 saturated heterocycles. The molecule has 0 aromatic rings. The van der Waals surface area contributed by atoms with Gasteiger partial charge in [0, 0.05) is 30.1 Å². The van der Waals surface area contributed by atoms with E-state index in [1.807, 2.05) is 0 Å². The maximum Gasteiger partial charge on any atom is 0.302 e. The highest BCUT2D eigenvalue weighted by atomic mass is 16.5.